The summed E-state index contributed by atoms with van der Waals surface area (Å²) in [5.74, 6) is -2.73. The number of amides is 3. The van der Waals surface area contributed by atoms with E-state index < -0.39 is 23.5 Å². The molecular weight excluding hydrogens is 382 g/mol. The Bertz CT molecular complexity index is 984. The normalized spacial score (nSPS) is 17.0. The van der Waals surface area contributed by atoms with E-state index in [0.29, 0.717) is 6.54 Å². The first-order valence-electron chi connectivity index (χ1n) is 9.79. The predicted molar refractivity (Wildman–Crippen MR) is 112 cm³/mol. The number of hydrogen-bond donors (Lipinski definition) is 2. The molecule has 30 heavy (non-hydrogen) atoms. The maximum absolute atomic E-state index is 12.5. The quantitative estimate of drug-likeness (QED) is 0.564. The molecule has 2 aromatic carbocycles. The summed E-state index contributed by atoms with van der Waals surface area (Å²) in [5, 5.41) is 5.61. The van der Waals surface area contributed by atoms with Crippen molar-refractivity contribution in [1.29, 1.82) is 0 Å². The summed E-state index contributed by atoms with van der Waals surface area (Å²) in [6, 6.07) is 15.4. The molecule has 2 aromatic rings. The Balaban J connectivity index is 1.69. The molecule has 156 valence electrons. The molecule has 1 saturated heterocycles. The predicted octanol–water partition coefficient (Wildman–Crippen LogP) is 1.82. The lowest BCUT2D eigenvalue weighted by Gasteiger charge is -2.17. The molecule has 0 aromatic heterocycles. The van der Waals surface area contributed by atoms with Crippen molar-refractivity contribution in [3.63, 3.8) is 0 Å². The van der Waals surface area contributed by atoms with Gasteiger partial charge in [0.15, 0.2) is 0 Å². The summed E-state index contributed by atoms with van der Waals surface area (Å²) in [7, 11) is 1.52. The minimum Gasteiger partial charge on any atom is -0.352 e. The van der Waals surface area contributed by atoms with E-state index in [4.69, 9.17) is 0 Å². The van der Waals surface area contributed by atoms with E-state index in [1.165, 1.54) is 18.9 Å². The zero-order valence-electron chi connectivity index (χ0n) is 17.3. The van der Waals surface area contributed by atoms with Crippen LogP contribution in [0.5, 0.6) is 0 Å². The maximum atomic E-state index is 12.5. The van der Waals surface area contributed by atoms with Crippen LogP contribution >= 0.6 is 0 Å². The molecule has 1 aliphatic heterocycles. The zero-order chi connectivity index (χ0) is 21.8. The number of carbonyl (C=O) groups is 4. The summed E-state index contributed by atoms with van der Waals surface area (Å²) in [6.45, 7) is 3.93. The highest BCUT2D eigenvalue weighted by molar-refractivity contribution is 6.42. The molecule has 7 heteroatoms. The van der Waals surface area contributed by atoms with E-state index in [-0.39, 0.29) is 18.5 Å². The summed E-state index contributed by atoms with van der Waals surface area (Å²) in [5.41, 5.74) is 3.91. The number of nitrogens with one attached hydrogen (secondary N) is 2. The zero-order valence-corrected chi connectivity index (χ0v) is 17.3. The fourth-order valence-corrected chi connectivity index (χ4v) is 3.41. The van der Waals surface area contributed by atoms with Gasteiger partial charge < -0.3 is 15.5 Å². The first-order valence-corrected chi connectivity index (χ1v) is 9.79. The molecule has 3 rings (SSSR count). The Morgan fingerprint density at radius 3 is 2.40 bits per heavy atom. The molecule has 7 nitrogen and oxygen atoms in total. The van der Waals surface area contributed by atoms with Crippen molar-refractivity contribution in [3.05, 3.63) is 59.7 Å². The summed E-state index contributed by atoms with van der Waals surface area (Å²) in [6.07, 6.45) is 0. The molecule has 1 fully saturated rings. The Morgan fingerprint density at radius 1 is 1.10 bits per heavy atom. The van der Waals surface area contributed by atoms with E-state index in [1.54, 1.807) is 0 Å². The number of likely N-dealkylation sites (tertiary alicyclic amines) is 1. The van der Waals surface area contributed by atoms with Crippen LogP contribution in [-0.2, 0) is 25.7 Å². The molecule has 1 unspecified atom stereocenters. The van der Waals surface area contributed by atoms with Gasteiger partial charge in [0, 0.05) is 27.1 Å². The number of benzene rings is 2. The lowest BCUT2D eigenvalue weighted by Crippen LogP contribution is -2.37. The van der Waals surface area contributed by atoms with Crippen LogP contribution in [0.1, 0.15) is 31.0 Å². The third kappa shape index (κ3) is 4.74. The maximum Gasteiger partial charge on any atom is 0.290 e. The molecule has 0 spiro atoms. The minimum atomic E-state index is -0.954. The molecule has 0 aliphatic carbocycles. The van der Waals surface area contributed by atoms with E-state index in [2.05, 4.69) is 10.6 Å². The standard InChI is InChI=1S/C23H25N3O4/c1-14(25-22(29)20-13-26(3)23(30)21(20)28)18-5-4-6-19(11-18)17-9-7-16(8-10-17)12-24-15(2)27/h4-11,14,20H,12-13H2,1-3H3,(H,24,27)(H,25,29)/t14-,20?/m1/s1. The van der Waals surface area contributed by atoms with Crippen molar-refractivity contribution < 1.29 is 19.2 Å². The van der Waals surface area contributed by atoms with Crippen molar-refractivity contribution in [3.8, 4) is 11.1 Å². The second-order valence-corrected chi connectivity index (χ2v) is 7.56. The average Bonchev–Trinajstić information content (AvgIpc) is 3.00. The SMILES string of the molecule is CC(=O)NCc1ccc(-c2cccc([C@@H](C)NC(=O)C3CN(C)C(=O)C3=O)c2)cc1. The first-order chi connectivity index (χ1) is 14.3. The van der Waals surface area contributed by atoms with Crippen LogP contribution in [0.15, 0.2) is 48.5 Å². The van der Waals surface area contributed by atoms with Gasteiger partial charge in [0.25, 0.3) is 5.91 Å². The molecule has 2 N–H and O–H groups in total. The molecule has 2 atom stereocenters. The van der Waals surface area contributed by atoms with Crippen molar-refractivity contribution in [2.75, 3.05) is 13.6 Å². The van der Waals surface area contributed by atoms with Crippen LogP contribution in [0.2, 0.25) is 0 Å². The molecule has 3 amide bonds. The third-order valence-electron chi connectivity index (χ3n) is 5.22. The largest absolute Gasteiger partial charge is 0.352 e. The number of hydrogen-bond acceptors (Lipinski definition) is 4. The van der Waals surface area contributed by atoms with E-state index in [9.17, 15) is 19.2 Å². The molecular formula is C23H25N3O4. The fourth-order valence-electron chi connectivity index (χ4n) is 3.41. The molecule has 1 aliphatic rings. The van der Waals surface area contributed by atoms with Crippen LogP contribution in [0, 0.1) is 5.92 Å². The Hall–Kier alpha value is -3.48. The number of rotatable bonds is 6. The van der Waals surface area contributed by atoms with Gasteiger partial charge in [-0.25, -0.2) is 0 Å². The number of likely N-dealkylation sites (N-methyl/N-ethyl adjacent to an activating group) is 1. The van der Waals surface area contributed by atoms with Crippen LogP contribution < -0.4 is 10.6 Å². The van der Waals surface area contributed by atoms with Gasteiger partial charge in [0.05, 0.1) is 6.04 Å². The average molecular weight is 407 g/mol. The Kier molecular flexibility index (Phi) is 6.30. The van der Waals surface area contributed by atoms with Gasteiger partial charge in [-0.05, 0) is 35.2 Å². The van der Waals surface area contributed by atoms with Crippen molar-refractivity contribution in [2.24, 2.45) is 5.92 Å². The van der Waals surface area contributed by atoms with Crippen molar-refractivity contribution >= 4 is 23.5 Å². The van der Waals surface area contributed by atoms with Gasteiger partial charge in [-0.1, -0.05) is 42.5 Å². The van der Waals surface area contributed by atoms with Crippen LogP contribution in [0.3, 0.4) is 0 Å². The number of Topliss-reactive ketones (excluding diaryl/α,β-unsaturated/α-hetero) is 1. The van der Waals surface area contributed by atoms with Gasteiger partial charge >= 0.3 is 0 Å². The monoisotopic (exact) mass is 407 g/mol. The van der Waals surface area contributed by atoms with Gasteiger partial charge in [0.2, 0.25) is 17.6 Å². The third-order valence-corrected chi connectivity index (χ3v) is 5.22. The summed E-state index contributed by atoms with van der Waals surface area (Å²) < 4.78 is 0. The highest BCUT2D eigenvalue weighted by atomic mass is 16.2. The van der Waals surface area contributed by atoms with Crippen molar-refractivity contribution in [1.82, 2.24) is 15.5 Å². The fraction of sp³-hybridized carbons (Fsp3) is 0.304. The summed E-state index contributed by atoms with van der Waals surface area (Å²) in [4.78, 5) is 48.4. The molecule has 1 heterocycles. The number of carbonyl (C=O) groups excluding carboxylic acids is 4. The van der Waals surface area contributed by atoms with Crippen LogP contribution in [-0.4, -0.2) is 42.0 Å². The van der Waals surface area contributed by atoms with E-state index in [0.717, 1.165) is 22.3 Å². The molecule has 0 saturated carbocycles. The van der Waals surface area contributed by atoms with Gasteiger partial charge in [-0.2, -0.15) is 0 Å². The van der Waals surface area contributed by atoms with Crippen molar-refractivity contribution in [2.45, 2.75) is 26.4 Å². The lowest BCUT2D eigenvalue weighted by molar-refractivity contribution is -0.142. The Labute approximate surface area is 175 Å². The topological polar surface area (TPSA) is 95.6 Å². The number of ketones is 1. The van der Waals surface area contributed by atoms with E-state index in [1.807, 2.05) is 55.5 Å². The highest BCUT2D eigenvalue weighted by Gasteiger charge is 2.41. The lowest BCUT2D eigenvalue weighted by atomic mass is 9.98. The van der Waals surface area contributed by atoms with Gasteiger partial charge in [0.1, 0.15) is 5.92 Å². The second kappa shape index (κ2) is 8.90. The van der Waals surface area contributed by atoms with Gasteiger partial charge in [-0.3, -0.25) is 19.2 Å². The van der Waals surface area contributed by atoms with Crippen LogP contribution in [0.4, 0.5) is 0 Å². The molecule has 0 radical (unpaired) electrons. The first kappa shape index (κ1) is 21.2. The minimum absolute atomic E-state index is 0.0712. The van der Waals surface area contributed by atoms with E-state index >= 15 is 0 Å². The number of nitrogens with zero attached hydrogens (tertiary/aromatic N) is 1. The van der Waals surface area contributed by atoms with Crippen LogP contribution in [0.25, 0.3) is 11.1 Å². The summed E-state index contributed by atoms with van der Waals surface area (Å²) >= 11 is 0. The highest BCUT2D eigenvalue weighted by Crippen LogP contribution is 2.24. The smallest absolute Gasteiger partial charge is 0.290 e. The molecule has 0 bridgehead atoms. The Morgan fingerprint density at radius 2 is 1.80 bits per heavy atom. The van der Waals surface area contributed by atoms with Gasteiger partial charge in [-0.15, -0.1) is 0 Å². The second-order valence-electron chi connectivity index (χ2n) is 7.56.